The molecule has 1 N–H and O–H groups in total. The molecule has 0 spiro atoms. The van der Waals surface area contributed by atoms with Gasteiger partial charge in [0.15, 0.2) is 6.39 Å². The number of rotatable bonds is 4. The molecule has 0 aliphatic carbocycles. The highest BCUT2D eigenvalue weighted by molar-refractivity contribution is 5.78. The van der Waals surface area contributed by atoms with Crippen LogP contribution in [-0.2, 0) is 17.8 Å². The minimum absolute atomic E-state index is 0.0118. The SMILES string of the molecule is Cc1ccccc1CC(=O)NCc1cocn1. The number of oxazole rings is 1. The quantitative estimate of drug-likeness (QED) is 0.872. The summed E-state index contributed by atoms with van der Waals surface area (Å²) in [4.78, 5) is 15.6. The van der Waals surface area contributed by atoms with Crippen molar-refractivity contribution in [3.05, 3.63) is 53.7 Å². The molecule has 17 heavy (non-hydrogen) atoms. The Balaban J connectivity index is 1.87. The predicted octanol–water partition coefficient (Wildman–Crippen LogP) is 1.84. The number of hydrogen-bond donors (Lipinski definition) is 1. The molecule has 2 aromatic rings. The zero-order valence-electron chi connectivity index (χ0n) is 9.64. The van der Waals surface area contributed by atoms with Gasteiger partial charge in [0.2, 0.25) is 5.91 Å². The van der Waals surface area contributed by atoms with Gasteiger partial charge in [-0.25, -0.2) is 4.98 Å². The molecule has 4 nitrogen and oxygen atoms in total. The molecular weight excluding hydrogens is 216 g/mol. The highest BCUT2D eigenvalue weighted by Crippen LogP contribution is 2.07. The van der Waals surface area contributed by atoms with E-state index in [1.165, 1.54) is 12.7 Å². The maximum absolute atomic E-state index is 11.7. The van der Waals surface area contributed by atoms with Crippen molar-refractivity contribution < 1.29 is 9.21 Å². The lowest BCUT2D eigenvalue weighted by Crippen LogP contribution is -2.24. The summed E-state index contributed by atoms with van der Waals surface area (Å²) in [5.41, 5.74) is 2.90. The molecule has 1 amide bonds. The maximum Gasteiger partial charge on any atom is 0.224 e. The van der Waals surface area contributed by atoms with E-state index in [9.17, 15) is 4.79 Å². The van der Waals surface area contributed by atoms with Crippen LogP contribution in [0.3, 0.4) is 0 Å². The zero-order valence-corrected chi connectivity index (χ0v) is 9.64. The fourth-order valence-corrected chi connectivity index (χ4v) is 1.56. The third-order valence-corrected chi connectivity index (χ3v) is 2.56. The molecule has 0 saturated carbocycles. The van der Waals surface area contributed by atoms with Gasteiger partial charge >= 0.3 is 0 Å². The number of carbonyl (C=O) groups is 1. The number of hydrogen-bond acceptors (Lipinski definition) is 3. The first-order valence-electron chi connectivity index (χ1n) is 5.44. The number of benzene rings is 1. The van der Waals surface area contributed by atoms with Gasteiger partial charge in [-0.2, -0.15) is 0 Å². The van der Waals surface area contributed by atoms with E-state index in [1.54, 1.807) is 0 Å². The first-order valence-corrected chi connectivity index (χ1v) is 5.44. The fourth-order valence-electron chi connectivity index (χ4n) is 1.56. The predicted molar refractivity (Wildman–Crippen MR) is 63.2 cm³/mol. The number of aryl methyl sites for hydroxylation is 1. The highest BCUT2D eigenvalue weighted by atomic mass is 16.3. The Morgan fingerprint density at radius 1 is 1.41 bits per heavy atom. The van der Waals surface area contributed by atoms with E-state index in [0.717, 1.165) is 16.8 Å². The van der Waals surface area contributed by atoms with E-state index in [2.05, 4.69) is 10.3 Å². The number of aromatic nitrogens is 1. The van der Waals surface area contributed by atoms with Crippen molar-refractivity contribution in [3.63, 3.8) is 0 Å². The summed E-state index contributed by atoms with van der Waals surface area (Å²) in [5, 5.41) is 2.80. The molecule has 1 aromatic carbocycles. The summed E-state index contributed by atoms with van der Waals surface area (Å²) in [6.07, 6.45) is 3.27. The first-order chi connectivity index (χ1) is 8.25. The Kier molecular flexibility index (Phi) is 3.55. The Morgan fingerprint density at radius 3 is 2.94 bits per heavy atom. The monoisotopic (exact) mass is 230 g/mol. The average molecular weight is 230 g/mol. The van der Waals surface area contributed by atoms with E-state index in [1.807, 2.05) is 31.2 Å². The van der Waals surface area contributed by atoms with E-state index < -0.39 is 0 Å². The first kappa shape index (κ1) is 11.4. The Hall–Kier alpha value is -2.10. The van der Waals surface area contributed by atoms with Gasteiger partial charge in [-0.3, -0.25) is 4.79 Å². The van der Waals surface area contributed by atoms with Crippen LogP contribution in [0.2, 0.25) is 0 Å². The molecule has 0 fully saturated rings. The van der Waals surface area contributed by atoms with Gasteiger partial charge in [0, 0.05) is 0 Å². The largest absolute Gasteiger partial charge is 0.451 e. The second-order valence-corrected chi connectivity index (χ2v) is 3.86. The summed E-state index contributed by atoms with van der Waals surface area (Å²) < 4.78 is 4.82. The fraction of sp³-hybridized carbons (Fsp3) is 0.231. The summed E-state index contributed by atoms with van der Waals surface area (Å²) in [6, 6.07) is 7.87. The van der Waals surface area contributed by atoms with Crippen LogP contribution >= 0.6 is 0 Å². The summed E-state index contributed by atoms with van der Waals surface area (Å²) in [5.74, 6) is -0.0118. The van der Waals surface area contributed by atoms with Crippen LogP contribution in [0, 0.1) is 6.92 Å². The van der Waals surface area contributed by atoms with Crippen LogP contribution in [0.1, 0.15) is 16.8 Å². The minimum atomic E-state index is -0.0118. The van der Waals surface area contributed by atoms with E-state index in [4.69, 9.17) is 4.42 Å². The topological polar surface area (TPSA) is 55.1 Å². The smallest absolute Gasteiger partial charge is 0.224 e. The van der Waals surface area contributed by atoms with Crippen LogP contribution in [-0.4, -0.2) is 10.9 Å². The Bertz CT molecular complexity index is 492. The Morgan fingerprint density at radius 2 is 2.24 bits per heavy atom. The molecule has 0 aliphatic rings. The van der Waals surface area contributed by atoms with Gasteiger partial charge < -0.3 is 9.73 Å². The van der Waals surface area contributed by atoms with E-state index in [0.29, 0.717) is 13.0 Å². The second kappa shape index (κ2) is 5.30. The van der Waals surface area contributed by atoms with Crippen LogP contribution in [0.15, 0.2) is 41.3 Å². The van der Waals surface area contributed by atoms with Crippen molar-refractivity contribution in [2.75, 3.05) is 0 Å². The number of carbonyl (C=O) groups excluding carboxylic acids is 1. The lowest BCUT2D eigenvalue weighted by Gasteiger charge is -2.05. The molecule has 4 heteroatoms. The zero-order chi connectivity index (χ0) is 12.1. The highest BCUT2D eigenvalue weighted by Gasteiger charge is 2.05. The standard InChI is InChI=1S/C13H14N2O2/c1-10-4-2-3-5-11(10)6-13(16)14-7-12-8-17-9-15-12/h2-5,8-9H,6-7H2,1H3,(H,14,16). The van der Waals surface area contributed by atoms with Crippen molar-refractivity contribution in [2.45, 2.75) is 19.9 Å². The van der Waals surface area contributed by atoms with Crippen LogP contribution in [0.5, 0.6) is 0 Å². The molecule has 1 heterocycles. The van der Waals surface area contributed by atoms with Crippen molar-refractivity contribution in [1.29, 1.82) is 0 Å². The number of nitrogens with zero attached hydrogens (tertiary/aromatic N) is 1. The second-order valence-electron chi connectivity index (χ2n) is 3.86. The third-order valence-electron chi connectivity index (χ3n) is 2.56. The molecule has 0 radical (unpaired) electrons. The van der Waals surface area contributed by atoms with Crippen molar-refractivity contribution in [3.8, 4) is 0 Å². The molecule has 0 saturated heterocycles. The van der Waals surface area contributed by atoms with Crippen LogP contribution in [0.4, 0.5) is 0 Å². The third kappa shape index (κ3) is 3.17. The lowest BCUT2D eigenvalue weighted by molar-refractivity contribution is -0.120. The Labute approximate surface area is 99.7 Å². The van der Waals surface area contributed by atoms with Crippen LogP contribution < -0.4 is 5.32 Å². The van der Waals surface area contributed by atoms with Crippen LogP contribution in [0.25, 0.3) is 0 Å². The lowest BCUT2D eigenvalue weighted by atomic mass is 10.1. The molecule has 2 rings (SSSR count). The molecular formula is C13H14N2O2. The van der Waals surface area contributed by atoms with Gasteiger partial charge in [0.05, 0.1) is 18.7 Å². The van der Waals surface area contributed by atoms with Gasteiger partial charge in [-0.15, -0.1) is 0 Å². The average Bonchev–Trinajstić information content (AvgIpc) is 2.82. The maximum atomic E-state index is 11.7. The molecule has 1 aromatic heterocycles. The van der Waals surface area contributed by atoms with Crippen molar-refractivity contribution in [2.24, 2.45) is 0 Å². The van der Waals surface area contributed by atoms with Gasteiger partial charge in [0.1, 0.15) is 6.26 Å². The van der Waals surface area contributed by atoms with Gasteiger partial charge in [-0.1, -0.05) is 24.3 Å². The molecule has 88 valence electrons. The van der Waals surface area contributed by atoms with E-state index >= 15 is 0 Å². The number of nitrogens with one attached hydrogen (secondary N) is 1. The van der Waals surface area contributed by atoms with Gasteiger partial charge in [0.25, 0.3) is 0 Å². The summed E-state index contributed by atoms with van der Waals surface area (Å²) >= 11 is 0. The molecule has 0 atom stereocenters. The van der Waals surface area contributed by atoms with Gasteiger partial charge in [-0.05, 0) is 18.1 Å². The van der Waals surface area contributed by atoms with Crippen molar-refractivity contribution in [1.82, 2.24) is 10.3 Å². The molecule has 0 bridgehead atoms. The summed E-state index contributed by atoms with van der Waals surface area (Å²) in [7, 11) is 0. The van der Waals surface area contributed by atoms with Crippen molar-refractivity contribution >= 4 is 5.91 Å². The molecule has 0 aliphatic heterocycles. The number of amides is 1. The summed E-state index contributed by atoms with van der Waals surface area (Å²) in [6.45, 7) is 2.40. The molecule has 0 unspecified atom stereocenters. The van der Waals surface area contributed by atoms with E-state index in [-0.39, 0.29) is 5.91 Å². The minimum Gasteiger partial charge on any atom is -0.451 e. The normalized spacial score (nSPS) is 10.2.